The Morgan fingerprint density at radius 3 is 2.37 bits per heavy atom. The van der Waals surface area contributed by atoms with Gasteiger partial charge in [0.25, 0.3) is 0 Å². The van der Waals surface area contributed by atoms with E-state index in [2.05, 4.69) is 45.6 Å². The Morgan fingerprint density at radius 1 is 1.07 bits per heavy atom. The van der Waals surface area contributed by atoms with Crippen LogP contribution in [0.5, 0.6) is 0 Å². The summed E-state index contributed by atoms with van der Waals surface area (Å²) >= 11 is 0. The molecule has 1 aliphatic heterocycles. The quantitative estimate of drug-likeness (QED) is 0.870. The highest BCUT2D eigenvalue weighted by Crippen LogP contribution is 2.24. The average Bonchev–Trinajstić information content (AvgIpc) is 2.70. The maximum absolute atomic E-state index is 12.2. The minimum atomic E-state index is -0.299. The minimum absolute atomic E-state index is 0.299. The maximum atomic E-state index is 12.2. The van der Waals surface area contributed by atoms with Crippen molar-refractivity contribution in [1.29, 1.82) is 5.26 Å². The Hall–Kier alpha value is -3.04. The first-order chi connectivity index (χ1) is 13.1. The van der Waals surface area contributed by atoms with Crippen LogP contribution in [0.3, 0.4) is 0 Å². The lowest BCUT2D eigenvalue weighted by atomic mass is 10.1. The number of hydrogen-bond acceptors (Lipinski definition) is 4. The number of aryl methyl sites for hydroxylation is 1. The molecule has 27 heavy (non-hydrogen) atoms. The van der Waals surface area contributed by atoms with Gasteiger partial charge in [-0.2, -0.15) is 5.26 Å². The fraction of sp³-hybridized carbons (Fsp3) is 0.333. The van der Waals surface area contributed by atoms with E-state index in [1.54, 1.807) is 24.3 Å². The van der Waals surface area contributed by atoms with Crippen LogP contribution in [0.25, 0.3) is 0 Å². The van der Waals surface area contributed by atoms with E-state index in [0.29, 0.717) is 11.3 Å². The zero-order valence-corrected chi connectivity index (χ0v) is 15.8. The highest BCUT2D eigenvalue weighted by molar-refractivity contribution is 6.00. The third kappa shape index (κ3) is 4.78. The molecule has 0 saturated carbocycles. The molecule has 1 heterocycles. The second kappa shape index (κ2) is 8.56. The molecule has 0 bridgehead atoms. The molecular formula is C21H25N5O. The molecule has 1 fully saturated rings. The van der Waals surface area contributed by atoms with E-state index in [1.165, 1.54) is 5.69 Å². The van der Waals surface area contributed by atoms with Crippen molar-refractivity contribution in [2.24, 2.45) is 0 Å². The van der Waals surface area contributed by atoms with Gasteiger partial charge in [-0.25, -0.2) is 4.79 Å². The van der Waals surface area contributed by atoms with Gasteiger partial charge in [0.1, 0.15) is 0 Å². The number of nitriles is 1. The van der Waals surface area contributed by atoms with Gasteiger partial charge < -0.3 is 20.4 Å². The molecule has 0 aliphatic carbocycles. The first-order valence-electron chi connectivity index (χ1n) is 9.25. The zero-order valence-electron chi connectivity index (χ0n) is 15.8. The third-order valence-electron chi connectivity index (χ3n) is 4.91. The number of benzene rings is 2. The van der Waals surface area contributed by atoms with E-state index in [9.17, 15) is 4.79 Å². The number of urea groups is 1. The molecule has 6 nitrogen and oxygen atoms in total. The summed E-state index contributed by atoms with van der Waals surface area (Å²) in [7, 11) is 0. The van der Waals surface area contributed by atoms with Gasteiger partial charge >= 0.3 is 6.03 Å². The first kappa shape index (κ1) is 18.7. The van der Waals surface area contributed by atoms with Crippen LogP contribution in [0.1, 0.15) is 18.1 Å². The topological polar surface area (TPSA) is 71.4 Å². The van der Waals surface area contributed by atoms with Gasteiger partial charge in [0.05, 0.1) is 11.6 Å². The van der Waals surface area contributed by atoms with Crippen molar-refractivity contribution in [2.75, 3.05) is 48.3 Å². The van der Waals surface area contributed by atoms with Crippen LogP contribution in [0, 0.1) is 18.3 Å². The van der Waals surface area contributed by atoms with Crippen LogP contribution in [0.4, 0.5) is 21.9 Å². The molecule has 3 rings (SSSR count). The number of rotatable bonds is 4. The van der Waals surface area contributed by atoms with Crippen molar-refractivity contribution in [3.63, 3.8) is 0 Å². The third-order valence-corrected chi connectivity index (χ3v) is 4.91. The summed E-state index contributed by atoms with van der Waals surface area (Å²) in [4.78, 5) is 17.1. The fourth-order valence-electron chi connectivity index (χ4n) is 3.22. The van der Waals surface area contributed by atoms with Crippen molar-refractivity contribution < 1.29 is 4.79 Å². The molecule has 0 atom stereocenters. The SMILES string of the molecule is CCN1CCN(c2ccc(NC(=O)Nc3ccc(C#N)cc3)c(C)c2)CC1. The van der Waals surface area contributed by atoms with Gasteiger partial charge in [-0.15, -0.1) is 0 Å². The predicted molar refractivity (Wildman–Crippen MR) is 109 cm³/mol. The van der Waals surface area contributed by atoms with E-state index in [-0.39, 0.29) is 6.03 Å². The standard InChI is InChI=1S/C21H25N5O/c1-3-25-10-12-26(13-11-25)19-8-9-20(16(2)14-19)24-21(27)23-18-6-4-17(15-22)5-7-18/h4-9,14H,3,10-13H2,1-2H3,(H2,23,24,27). The molecule has 2 N–H and O–H groups in total. The Balaban J connectivity index is 1.60. The number of nitrogens with zero attached hydrogens (tertiary/aromatic N) is 3. The van der Waals surface area contributed by atoms with Crippen molar-refractivity contribution in [1.82, 2.24) is 4.90 Å². The fourth-order valence-corrected chi connectivity index (χ4v) is 3.22. The van der Waals surface area contributed by atoms with Gasteiger partial charge in [-0.3, -0.25) is 0 Å². The van der Waals surface area contributed by atoms with Crippen LogP contribution in [-0.4, -0.2) is 43.7 Å². The van der Waals surface area contributed by atoms with Gasteiger partial charge in [0.15, 0.2) is 0 Å². The highest BCUT2D eigenvalue weighted by atomic mass is 16.2. The van der Waals surface area contributed by atoms with Crippen LogP contribution >= 0.6 is 0 Å². The number of carbonyl (C=O) groups is 1. The Bertz CT molecular complexity index is 833. The van der Waals surface area contributed by atoms with Crippen molar-refractivity contribution in [3.05, 3.63) is 53.6 Å². The maximum Gasteiger partial charge on any atom is 0.323 e. The van der Waals surface area contributed by atoms with E-state index in [0.717, 1.165) is 44.0 Å². The number of anilines is 3. The number of hydrogen-bond donors (Lipinski definition) is 2. The predicted octanol–water partition coefficient (Wildman–Crippen LogP) is 3.65. The number of amides is 2. The minimum Gasteiger partial charge on any atom is -0.369 e. The second-order valence-electron chi connectivity index (χ2n) is 6.69. The normalized spacial score (nSPS) is 14.5. The summed E-state index contributed by atoms with van der Waals surface area (Å²) in [6.07, 6.45) is 0. The Kier molecular flexibility index (Phi) is 5.94. The molecule has 1 aliphatic rings. The molecule has 140 valence electrons. The Morgan fingerprint density at radius 2 is 1.78 bits per heavy atom. The van der Waals surface area contributed by atoms with Crippen LogP contribution in [0.15, 0.2) is 42.5 Å². The largest absolute Gasteiger partial charge is 0.369 e. The summed E-state index contributed by atoms with van der Waals surface area (Å²) in [6, 6.07) is 14.7. The summed E-state index contributed by atoms with van der Waals surface area (Å²) in [5.41, 5.74) is 4.22. The second-order valence-corrected chi connectivity index (χ2v) is 6.69. The van der Waals surface area contributed by atoms with Crippen molar-refractivity contribution >= 4 is 23.1 Å². The zero-order chi connectivity index (χ0) is 19.2. The van der Waals surface area contributed by atoms with Crippen LogP contribution in [0.2, 0.25) is 0 Å². The summed E-state index contributed by atoms with van der Waals surface area (Å²) in [5.74, 6) is 0. The average molecular weight is 363 g/mol. The van der Waals surface area contributed by atoms with Crippen LogP contribution < -0.4 is 15.5 Å². The molecule has 6 heteroatoms. The molecule has 1 saturated heterocycles. The van der Waals surface area contributed by atoms with E-state index < -0.39 is 0 Å². The molecule has 0 spiro atoms. The monoisotopic (exact) mass is 363 g/mol. The van der Waals surface area contributed by atoms with Crippen LogP contribution in [-0.2, 0) is 0 Å². The van der Waals surface area contributed by atoms with Gasteiger partial charge in [0, 0.05) is 43.2 Å². The van der Waals surface area contributed by atoms with Crippen molar-refractivity contribution in [3.8, 4) is 6.07 Å². The van der Waals surface area contributed by atoms with E-state index in [4.69, 9.17) is 5.26 Å². The number of piperazine rings is 1. The Labute approximate surface area is 160 Å². The molecule has 2 aromatic rings. The number of nitrogens with one attached hydrogen (secondary N) is 2. The summed E-state index contributed by atoms with van der Waals surface area (Å²) in [6.45, 7) is 9.53. The number of likely N-dealkylation sites (N-methyl/N-ethyl adjacent to an activating group) is 1. The molecule has 0 radical (unpaired) electrons. The smallest absolute Gasteiger partial charge is 0.323 e. The lowest BCUT2D eigenvalue weighted by Gasteiger charge is -2.35. The van der Waals surface area contributed by atoms with E-state index in [1.807, 2.05) is 13.0 Å². The lowest BCUT2D eigenvalue weighted by molar-refractivity contribution is 0.262. The highest BCUT2D eigenvalue weighted by Gasteiger charge is 2.16. The van der Waals surface area contributed by atoms with Gasteiger partial charge in [-0.1, -0.05) is 6.92 Å². The molecular weight excluding hydrogens is 338 g/mol. The summed E-state index contributed by atoms with van der Waals surface area (Å²) < 4.78 is 0. The summed E-state index contributed by atoms with van der Waals surface area (Å²) in [5, 5.41) is 14.5. The molecule has 2 aromatic carbocycles. The van der Waals surface area contributed by atoms with Crippen molar-refractivity contribution in [2.45, 2.75) is 13.8 Å². The molecule has 0 aromatic heterocycles. The number of carbonyl (C=O) groups excluding carboxylic acids is 1. The van der Waals surface area contributed by atoms with Gasteiger partial charge in [0.2, 0.25) is 0 Å². The van der Waals surface area contributed by atoms with E-state index >= 15 is 0 Å². The molecule has 0 unspecified atom stereocenters. The molecule has 2 amide bonds. The first-order valence-corrected chi connectivity index (χ1v) is 9.25. The lowest BCUT2D eigenvalue weighted by Crippen LogP contribution is -2.46. The van der Waals surface area contributed by atoms with Gasteiger partial charge in [-0.05, 0) is 61.5 Å².